The molecule has 10 heavy (non-hydrogen) atoms. The molecule has 0 aliphatic carbocycles. The molecule has 0 radical (unpaired) electrons. The number of alkyl halides is 1. The van der Waals surface area contributed by atoms with E-state index in [2.05, 4.69) is 0 Å². The van der Waals surface area contributed by atoms with Gasteiger partial charge in [0.05, 0.1) is 0 Å². The molecular weight excluding hydrogens is 151 g/mol. The van der Waals surface area contributed by atoms with Crippen LogP contribution in [0.5, 0.6) is 0 Å². The van der Waals surface area contributed by atoms with E-state index in [9.17, 15) is 8.94 Å². The molecule has 1 nitrogen and oxygen atoms in total. The Labute approximate surface area is 62.1 Å². The molecule has 0 unspecified atom stereocenters. The van der Waals surface area contributed by atoms with E-state index in [4.69, 9.17) is 0 Å². The third-order valence-electron chi connectivity index (χ3n) is 1.11. The predicted molar refractivity (Wildman–Crippen MR) is 38.8 cm³/mol. The van der Waals surface area contributed by atoms with Gasteiger partial charge in [-0.25, -0.2) is 0 Å². The Kier molecular flexibility index (Phi) is 2.71. The first kappa shape index (κ1) is 7.57. The summed E-state index contributed by atoms with van der Waals surface area (Å²) in [6.45, 7) is 0. The van der Waals surface area contributed by atoms with Gasteiger partial charge in [-0.3, -0.25) is 0 Å². The Morgan fingerprint density at radius 1 is 1.30 bits per heavy atom. The fraction of sp³-hybridized carbons (Fsp3) is 0.143. The molecule has 1 atom stereocenters. The second-order valence-electron chi connectivity index (χ2n) is 1.77. The molecule has 1 rings (SSSR count). The van der Waals surface area contributed by atoms with Gasteiger partial charge < -0.3 is 4.55 Å². The van der Waals surface area contributed by atoms with Crippen LogP contribution in [0.15, 0.2) is 35.2 Å². The van der Waals surface area contributed by atoms with Crippen molar-refractivity contribution >= 4 is 11.2 Å². The molecule has 0 aromatic heterocycles. The van der Waals surface area contributed by atoms with Crippen molar-refractivity contribution in [1.29, 1.82) is 0 Å². The monoisotopic (exact) mass is 158 g/mol. The summed E-state index contributed by atoms with van der Waals surface area (Å²) in [6.07, 6.45) is 0. The maximum Gasteiger partial charge on any atom is 0.248 e. The Hall–Kier alpha value is -0.540. The first-order valence-corrected chi connectivity index (χ1v) is 4.16. The van der Waals surface area contributed by atoms with E-state index >= 15 is 0 Å². The van der Waals surface area contributed by atoms with Gasteiger partial charge in [0.2, 0.25) is 6.01 Å². The standard InChI is InChI=1S/C7H7FOS/c8-6-10(9)7-4-2-1-3-5-7/h1-5H,6H2/t10-/m0/s1. The van der Waals surface area contributed by atoms with Crippen LogP contribution >= 0.6 is 0 Å². The van der Waals surface area contributed by atoms with E-state index in [0.29, 0.717) is 4.90 Å². The minimum Gasteiger partial charge on any atom is -0.609 e. The highest BCUT2D eigenvalue weighted by atomic mass is 32.2. The number of benzene rings is 1. The molecule has 54 valence electrons. The maximum absolute atomic E-state index is 11.8. The van der Waals surface area contributed by atoms with Crippen molar-refractivity contribution in [2.75, 3.05) is 6.01 Å². The molecule has 0 bridgehead atoms. The lowest BCUT2D eigenvalue weighted by Crippen LogP contribution is -2.01. The first-order valence-electron chi connectivity index (χ1n) is 2.84. The van der Waals surface area contributed by atoms with Gasteiger partial charge in [-0.1, -0.05) is 18.2 Å². The lowest BCUT2D eigenvalue weighted by Gasteiger charge is -2.03. The molecule has 0 saturated heterocycles. The van der Waals surface area contributed by atoms with E-state index in [-0.39, 0.29) is 0 Å². The number of rotatable bonds is 2. The van der Waals surface area contributed by atoms with E-state index in [1.807, 2.05) is 0 Å². The molecule has 0 fully saturated rings. The van der Waals surface area contributed by atoms with Crippen LogP contribution in [-0.4, -0.2) is 10.6 Å². The maximum atomic E-state index is 11.8. The van der Waals surface area contributed by atoms with Crippen LogP contribution in [0.4, 0.5) is 4.39 Å². The fourth-order valence-electron chi connectivity index (χ4n) is 0.635. The van der Waals surface area contributed by atoms with E-state index in [0.717, 1.165) is 0 Å². The molecule has 0 heterocycles. The molecule has 0 saturated carbocycles. The van der Waals surface area contributed by atoms with E-state index in [1.165, 1.54) is 0 Å². The number of hydrogen-bond acceptors (Lipinski definition) is 1. The van der Waals surface area contributed by atoms with Gasteiger partial charge in [-0.2, -0.15) is 4.39 Å². The highest BCUT2D eigenvalue weighted by Gasteiger charge is 2.06. The van der Waals surface area contributed by atoms with Crippen LogP contribution in [0, 0.1) is 0 Å². The molecule has 1 aromatic rings. The minimum atomic E-state index is -1.46. The minimum absolute atomic E-state index is 0.546. The normalized spacial score (nSPS) is 13.0. The van der Waals surface area contributed by atoms with E-state index in [1.54, 1.807) is 30.3 Å². The van der Waals surface area contributed by atoms with Crippen molar-refractivity contribution < 1.29 is 8.94 Å². The van der Waals surface area contributed by atoms with Crippen LogP contribution in [-0.2, 0) is 11.2 Å². The smallest absolute Gasteiger partial charge is 0.248 e. The molecule has 3 heteroatoms. The summed E-state index contributed by atoms with van der Waals surface area (Å²) in [5.41, 5.74) is 0. The van der Waals surface area contributed by atoms with Crippen molar-refractivity contribution in [3.63, 3.8) is 0 Å². The van der Waals surface area contributed by atoms with Gasteiger partial charge in [0.1, 0.15) is 0 Å². The van der Waals surface area contributed by atoms with Crippen LogP contribution in [0.2, 0.25) is 0 Å². The summed E-state index contributed by atoms with van der Waals surface area (Å²) in [7, 11) is 0. The molecule has 0 amide bonds. The Morgan fingerprint density at radius 2 is 1.90 bits per heavy atom. The Balaban J connectivity index is 2.75. The quantitative estimate of drug-likeness (QED) is 0.601. The zero-order valence-electron chi connectivity index (χ0n) is 5.29. The zero-order valence-corrected chi connectivity index (χ0v) is 6.10. The topological polar surface area (TPSA) is 23.1 Å². The molecule has 0 N–H and O–H groups in total. The molecule has 0 aliphatic rings. The Morgan fingerprint density at radius 3 is 2.40 bits per heavy atom. The second kappa shape index (κ2) is 3.58. The van der Waals surface area contributed by atoms with E-state index < -0.39 is 17.2 Å². The average Bonchev–Trinajstić information content (AvgIpc) is 2.05. The van der Waals surface area contributed by atoms with Crippen LogP contribution < -0.4 is 0 Å². The SMILES string of the molecule is [O-][S@@+](CF)c1ccccc1. The van der Waals surface area contributed by atoms with Crippen LogP contribution in [0.25, 0.3) is 0 Å². The lowest BCUT2D eigenvalue weighted by atomic mass is 10.4. The summed E-state index contributed by atoms with van der Waals surface area (Å²) >= 11 is -1.46. The highest BCUT2D eigenvalue weighted by molar-refractivity contribution is 7.91. The molecule has 0 spiro atoms. The zero-order chi connectivity index (χ0) is 7.40. The summed E-state index contributed by atoms with van der Waals surface area (Å²) < 4.78 is 22.5. The second-order valence-corrected chi connectivity index (χ2v) is 3.15. The summed E-state index contributed by atoms with van der Waals surface area (Å²) in [5.74, 6) is 0. The van der Waals surface area contributed by atoms with Crippen molar-refractivity contribution in [1.82, 2.24) is 0 Å². The van der Waals surface area contributed by atoms with Gasteiger partial charge in [0, 0.05) is 11.2 Å². The van der Waals surface area contributed by atoms with Gasteiger partial charge in [-0.15, -0.1) is 0 Å². The van der Waals surface area contributed by atoms with Gasteiger partial charge in [0.15, 0.2) is 4.90 Å². The Bertz CT molecular complexity index is 190. The predicted octanol–water partition coefficient (Wildman–Crippen LogP) is 1.72. The molecular formula is C7H7FOS. The summed E-state index contributed by atoms with van der Waals surface area (Å²) in [6, 6.07) is 7.78. The average molecular weight is 158 g/mol. The van der Waals surface area contributed by atoms with Crippen LogP contribution in [0.3, 0.4) is 0 Å². The summed E-state index contributed by atoms with van der Waals surface area (Å²) in [4.78, 5) is 0.546. The molecule has 0 aliphatic heterocycles. The third kappa shape index (κ3) is 1.72. The van der Waals surface area contributed by atoms with Crippen molar-refractivity contribution in [2.45, 2.75) is 4.90 Å². The fourth-order valence-corrected chi connectivity index (χ4v) is 1.22. The molecule has 1 aromatic carbocycles. The largest absolute Gasteiger partial charge is 0.609 e. The summed E-state index contributed by atoms with van der Waals surface area (Å²) in [5, 5.41) is 0. The highest BCUT2D eigenvalue weighted by Crippen LogP contribution is 2.09. The first-order chi connectivity index (χ1) is 4.84. The van der Waals surface area contributed by atoms with Crippen molar-refractivity contribution in [3.8, 4) is 0 Å². The third-order valence-corrected chi connectivity index (χ3v) is 2.10. The van der Waals surface area contributed by atoms with Crippen LogP contribution in [0.1, 0.15) is 0 Å². The lowest BCUT2D eigenvalue weighted by molar-refractivity contribution is 0.534. The van der Waals surface area contributed by atoms with Gasteiger partial charge >= 0.3 is 0 Å². The van der Waals surface area contributed by atoms with Gasteiger partial charge in [-0.05, 0) is 12.1 Å². The number of halogens is 1. The number of hydrogen-bond donors (Lipinski definition) is 0. The van der Waals surface area contributed by atoms with Crippen molar-refractivity contribution in [3.05, 3.63) is 30.3 Å². The van der Waals surface area contributed by atoms with Gasteiger partial charge in [0.25, 0.3) is 0 Å². The van der Waals surface area contributed by atoms with Crippen molar-refractivity contribution in [2.24, 2.45) is 0 Å².